The predicted octanol–water partition coefficient (Wildman–Crippen LogP) is 5.13. The summed E-state index contributed by atoms with van der Waals surface area (Å²) < 4.78 is 16.2. The number of carbonyl (C=O) groups excluding carboxylic acids is 2. The molecule has 172 valence electrons. The molecule has 4 rings (SSSR count). The highest BCUT2D eigenvalue weighted by Gasteiger charge is 2.29. The molecule has 34 heavy (non-hydrogen) atoms. The number of amides is 1. The molecule has 0 saturated carbocycles. The third-order valence-corrected chi connectivity index (χ3v) is 5.48. The second-order valence-electron chi connectivity index (χ2n) is 7.70. The number of ether oxygens (including phenoxy) is 2. The molecule has 0 aliphatic heterocycles. The Balaban J connectivity index is 1.50. The zero-order valence-electron chi connectivity index (χ0n) is 18.9. The molecule has 1 aliphatic rings. The number of aryl methyl sites for hydroxylation is 1. The minimum absolute atomic E-state index is 0.118. The standard InChI is InChI=1S/C26H23N3O5/c1-3-32-26(31)29-28-21-5-4-6-22-23(21)16(2)24(34-22)25(30)33-20-13-11-19(12-14-20)18-9-7-17(15-27)8-10-18/h7-14H,3-6H2,1-2H3,(H,29,31)/b28-21+. The maximum atomic E-state index is 12.9. The first-order valence-electron chi connectivity index (χ1n) is 10.9. The predicted molar refractivity (Wildman–Crippen MR) is 125 cm³/mol. The molecule has 0 fully saturated rings. The average Bonchev–Trinajstić information content (AvgIpc) is 3.20. The van der Waals surface area contributed by atoms with Gasteiger partial charge in [-0.3, -0.25) is 0 Å². The number of nitriles is 1. The van der Waals surface area contributed by atoms with Crippen molar-refractivity contribution in [3.8, 4) is 22.9 Å². The number of esters is 1. The van der Waals surface area contributed by atoms with Gasteiger partial charge in [0.25, 0.3) is 0 Å². The zero-order chi connectivity index (χ0) is 24.1. The van der Waals surface area contributed by atoms with Crippen molar-refractivity contribution in [2.24, 2.45) is 5.10 Å². The molecule has 0 saturated heterocycles. The van der Waals surface area contributed by atoms with E-state index in [1.54, 1.807) is 38.1 Å². The topological polar surface area (TPSA) is 114 Å². The lowest BCUT2D eigenvalue weighted by Crippen LogP contribution is -2.22. The maximum Gasteiger partial charge on any atom is 0.427 e. The van der Waals surface area contributed by atoms with E-state index in [4.69, 9.17) is 19.2 Å². The highest BCUT2D eigenvalue weighted by Crippen LogP contribution is 2.31. The summed E-state index contributed by atoms with van der Waals surface area (Å²) >= 11 is 0. The molecule has 0 unspecified atom stereocenters. The molecule has 1 aromatic heterocycles. The number of hydrogen-bond acceptors (Lipinski definition) is 7. The molecule has 0 radical (unpaired) electrons. The van der Waals surface area contributed by atoms with E-state index in [-0.39, 0.29) is 12.4 Å². The average molecular weight is 457 g/mol. The first-order chi connectivity index (χ1) is 16.5. The van der Waals surface area contributed by atoms with Crippen LogP contribution in [-0.4, -0.2) is 24.4 Å². The van der Waals surface area contributed by atoms with Gasteiger partial charge in [0.15, 0.2) is 0 Å². The van der Waals surface area contributed by atoms with Crippen LogP contribution in [0.2, 0.25) is 0 Å². The Morgan fingerprint density at radius 3 is 2.41 bits per heavy atom. The van der Waals surface area contributed by atoms with Gasteiger partial charge in [0, 0.05) is 17.5 Å². The van der Waals surface area contributed by atoms with Gasteiger partial charge in [0.1, 0.15) is 11.5 Å². The van der Waals surface area contributed by atoms with Gasteiger partial charge in [-0.05, 0) is 62.1 Å². The Morgan fingerprint density at radius 1 is 1.09 bits per heavy atom. The largest absolute Gasteiger partial charge is 0.453 e. The van der Waals surface area contributed by atoms with Gasteiger partial charge in [-0.15, -0.1) is 0 Å². The van der Waals surface area contributed by atoms with Crippen molar-refractivity contribution in [3.63, 3.8) is 0 Å². The molecule has 0 bridgehead atoms. The van der Waals surface area contributed by atoms with Crippen LogP contribution in [0.4, 0.5) is 4.79 Å². The van der Waals surface area contributed by atoms with Gasteiger partial charge in [0.05, 0.1) is 24.0 Å². The normalized spacial score (nSPS) is 13.6. The summed E-state index contributed by atoms with van der Waals surface area (Å²) in [6, 6.07) is 16.4. The molecule has 0 atom stereocenters. The van der Waals surface area contributed by atoms with Crippen LogP contribution in [0.1, 0.15) is 52.8 Å². The Kier molecular flexibility index (Phi) is 6.74. The van der Waals surface area contributed by atoms with Crippen LogP contribution in [0.3, 0.4) is 0 Å². The van der Waals surface area contributed by atoms with E-state index >= 15 is 0 Å². The van der Waals surface area contributed by atoms with Gasteiger partial charge in [0.2, 0.25) is 5.76 Å². The van der Waals surface area contributed by atoms with Crippen LogP contribution < -0.4 is 10.2 Å². The lowest BCUT2D eigenvalue weighted by molar-refractivity contribution is 0.0698. The smallest absolute Gasteiger partial charge is 0.427 e. The van der Waals surface area contributed by atoms with Gasteiger partial charge < -0.3 is 13.9 Å². The van der Waals surface area contributed by atoms with Crippen LogP contribution in [0.25, 0.3) is 11.1 Å². The minimum atomic E-state index is -0.632. The second kappa shape index (κ2) is 10.0. The minimum Gasteiger partial charge on any atom is -0.453 e. The molecular weight excluding hydrogens is 434 g/mol. The highest BCUT2D eigenvalue weighted by molar-refractivity contribution is 6.06. The van der Waals surface area contributed by atoms with Crippen LogP contribution in [-0.2, 0) is 11.2 Å². The lowest BCUT2D eigenvalue weighted by Gasteiger charge is -2.13. The van der Waals surface area contributed by atoms with E-state index in [2.05, 4.69) is 16.6 Å². The van der Waals surface area contributed by atoms with E-state index in [1.165, 1.54) is 0 Å². The van der Waals surface area contributed by atoms with Crippen molar-refractivity contribution in [2.75, 3.05) is 6.61 Å². The molecular formula is C26H23N3O5. The summed E-state index contributed by atoms with van der Waals surface area (Å²) in [5.41, 5.74) is 6.85. The Labute approximate surface area is 196 Å². The fourth-order valence-electron chi connectivity index (χ4n) is 3.86. The Hall–Kier alpha value is -4.38. The van der Waals surface area contributed by atoms with Crippen LogP contribution >= 0.6 is 0 Å². The van der Waals surface area contributed by atoms with E-state index in [1.807, 2.05) is 24.3 Å². The first-order valence-corrected chi connectivity index (χ1v) is 10.9. The van der Waals surface area contributed by atoms with Crippen molar-refractivity contribution in [2.45, 2.75) is 33.1 Å². The molecule has 0 spiro atoms. The molecule has 1 heterocycles. The number of nitrogens with zero attached hydrogens (tertiary/aromatic N) is 2. The number of hydrazone groups is 1. The summed E-state index contributed by atoms with van der Waals surface area (Å²) in [4.78, 5) is 24.5. The van der Waals surface area contributed by atoms with E-state index in [0.29, 0.717) is 41.2 Å². The summed E-state index contributed by atoms with van der Waals surface area (Å²) in [5, 5.41) is 13.1. The van der Waals surface area contributed by atoms with Crippen molar-refractivity contribution >= 4 is 17.8 Å². The summed E-state index contributed by atoms with van der Waals surface area (Å²) in [7, 11) is 0. The van der Waals surface area contributed by atoms with Crippen molar-refractivity contribution < 1.29 is 23.5 Å². The van der Waals surface area contributed by atoms with Crippen LogP contribution in [0.15, 0.2) is 58.0 Å². The third kappa shape index (κ3) is 4.84. The Bertz CT molecular complexity index is 1280. The second-order valence-corrected chi connectivity index (χ2v) is 7.70. The number of fused-ring (bicyclic) bond motifs is 1. The third-order valence-electron chi connectivity index (χ3n) is 5.48. The van der Waals surface area contributed by atoms with Gasteiger partial charge >= 0.3 is 12.1 Å². The molecule has 1 amide bonds. The van der Waals surface area contributed by atoms with E-state index < -0.39 is 12.1 Å². The molecule has 3 aromatic rings. The van der Waals surface area contributed by atoms with Gasteiger partial charge in [-0.1, -0.05) is 24.3 Å². The van der Waals surface area contributed by atoms with E-state index in [9.17, 15) is 9.59 Å². The van der Waals surface area contributed by atoms with Crippen molar-refractivity contribution in [3.05, 3.63) is 76.7 Å². The molecule has 8 heteroatoms. The molecule has 1 aliphatic carbocycles. The monoisotopic (exact) mass is 457 g/mol. The number of carbonyl (C=O) groups is 2. The SMILES string of the molecule is CCOC(=O)N/N=C1\CCCc2oc(C(=O)Oc3ccc(-c4ccc(C#N)cc4)cc3)c(C)c21. The number of hydrogen-bond donors (Lipinski definition) is 1. The summed E-state index contributed by atoms with van der Waals surface area (Å²) in [6.07, 6.45) is 1.47. The Morgan fingerprint density at radius 2 is 1.76 bits per heavy atom. The number of nitrogens with one attached hydrogen (secondary N) is 1. The van der Waals surface area contributed by atoms with Crippen LogP contribution in [0.5, 0.6) is 5.75 Å². The number of benzene rings is 2. The fraction of sp³-hybridized carbons (Fsp3) is 0.231. The maximum absolute atomic E-state index is 12.9. The highest BCUT2D eigenvalue weighted by atomic mass is 16.6. The number of rotatable bonds is 5. The molecule has 8 nitrogen and oxygen atoms in total. The van der Waals surface area contributed by atoms with E-state index in [0.717, 1.165) is 23.1 Å². The van der Waals surface area contributed by atoms with Gasteiger partial charge in [-0.2, -0.15) is 10.4 Å². The van der Waals surface area contributed by atoms with Crippen molar-refractivity contribution in [1.29, 1.82) is 5.26 Å². The van der Waals surface area contributed by atoms with Gasteiger partial charge in [-0.25, -0.2) is 15.0 Å². The molecule has 2 aromatic carbocycles. The molecule has 1 N–H and O–H groups in total. The summed E-state index contributed by atoms with van der Waals surface area (Å²) in [6.45, 7) is 3.74. The fourth-order valence-corrected chi connectivity index (χ4v) is 3.86. The van der Waals surface area contributed by atoms with Crippen LogP contribution in [0, 0.1) is 18.3 Å². The van der Waals surface area contributed by atoms with Crippen molar-refractivity contribution in [1.82, 2.24) is 5.43 Å². The first kappa shape index (κ1) is 22.8. The quantitative estimate of drug-likeness (QED) is 0.323. The lowest BCUT2D eigenvalue weighted by atomic mass is 9.93. The zero-order valence-corrected chi connectivity index (χ0v) is 18.9. The number of furan rings is 1. The summed E-state index contributed by atoms with van der Waals surface area (Å²) in [5.74, 6) is 0.549.